The van der Waals surface area contributed by atoms with Crippen LogP contribution in [-0.4, -0.2) is 67.8 Å². The summed E-state index contributed by atoms with van der Waals surface area (Å²) in [7, 11) is -4.10. The number of amides is 1. The summed E-state index contributed by atoms with van der Waals surface area (Å²) in [5.74, 6) is -6.21. The first-order valence-corrected chi connectivity index (χ1v) is 15.2. The van der Waals surface area contributed by atoms with Gasteiger partial charge in [-0.3, -0.25) is 4.79 Å². The van der Waals surface area contributed by atoms with Crippen LogP contribution in [0.4, 0.5) is 18.9 Å². The SMILES string of the molecule is CC(CO)NCCOC[C@@](C)(O)C[C@@H]1CC[C@@H](C)C1S(=O)(=O)c1cc(C(=O)Nc2cc(F)c(F)c(F)c2)ccc1Cl. The van der Waals surface area contributed by atoms with Gasteiger partial charge in [-0.05, 0) is 63.1 Å². The third-order valence-corrected chi connectivity index (χ3v) is 10.2. The van der Waals surface area contributed by atoms with Gasteiger partial charge in [-0.15, -0.1) is 0 Å². The van der Waals surface area contributed by atoms with Crippen molar-refractivity contribution >= 4 is 33.0 Å². The van der Waals surface area contributed by atoms with Crippen LogP contribution in [-0.2, 0) is 14.6 Å². The lowest BCUT2D eigenvalue weighted by Gasteiger charge is -2.31. The van der Waals surface area contributed by atoms with E-state index in [2.05, 4.69) is 10.6 Å². The molecule has 0 radical (unpaired) electrons. The Kier molecular flexibility index (Phi) is 11.2. The highest BCUT2D eigenvalue weighted by molar-refractivity contribution is 7.92. The summed E-state index contributed by atoms with van der Waals surface area (Å²) in [4.78, 5) is 12.5. The van der Waals surface area contributed by atoms with Crippen LogP contribution in [0.2, 0.25) is 5.02 Å². The molecule has 3 rings (SSSR count). The lowest BCUT2D eigenvalue weighted by Crippen LogP contribution is -2.39. The zero-order chi connectivity index (χ0) is 30.5. The van der Waals surface area contributed by atoms with Gasteiger partial charge in [-0.25, -0.2) is 21.6 Å². The lowest BCUT2D eigenvalue weighted by molar-refractivity contribution is -0.0471. The van der Waals surface area contributed by atoms with Crippen molar-refractivity contribution in [3.63, 3.8) is 0 Å². The van der Waals surface area contributed by atoms with Crippen molar-refractivity contribution in [2.45, 2.75) is 61.8 Å². The van der Waals surface area contributed by atoms with E-state index in [-0.39, 0.29) is 52.8 Å². The number of aliphatic hydroxyl groups is 2. The maximum Gasteiger partial charge on any atom is 0.255 e. The van der Waals surface area contributed by atoms with Crippen LogP contribution in [0.3, 0.4) is 0 Å². The van der Waals surface area contributed by atoms with Crippen molar-refractivity contribution in [2.24, 2.45) is 11.8 Å². The van der Waals surface area contributed by atoms with Crippen LogP contribution in [0, 0.1) is 29.3 Å². The number of halogens is 4. The second-order valence-electron chi connectivity index (χ2n) is 11.0. The van der Waals surface area contributed by atoms with Gasteiger partial charge in [0.1, 0.15) is 0 Å². The maximum absolute atomic E-state index is 13.9. The summed E-state index contributed by atoms with van der Waals surface area (Å²) >= 11 is 6.30. The molecule has 1 fully saturated rings. The Morgan fingerprint density at radius 2 is 1.85 bits per heavy atom. The molecule has 1 aliphatic carbocycles. The molecule has 0 heterocycles. The molecule has 41 heavy (non-hydrogen) atoms. The third kappa shape index (κ3) is 8.42. The molecule has 5 atom stereocenters. The highest BCUT2D eigenvalue weighted by atomic mass is 35.5. The molecule has 0 spiro atoms. The summed E-state index contributed by atoms with van der Waals surface area (Å²) in [6.45, 7) is 5.96. The van der Waals surface area contributed by atoms with Gasteiger partial charge in [0, 0.05) is 36.0 Å². The van der Waals surface area contributed by atoms with Gasteiger partial charge in [0.05, 0.1) is 40.6 Å². The minimum Gasteiger partial charge on any atom is -0.395 e. The first kappa shape index (κ1) is 33.3. The normalized spacial score (nSPS) is 21.4. The van der Waals surface area contributed by atoms with Gasteiger partial charge in [0.25, 0.3) is 5.91 Å². The Labute approximate surface area is 243 Å². The van der Waals surface area contributed by atoms with Crippen molar-refractivity contribution in [2.75, 3.05) is 31.7 Å². The smallest absolute Gasteiger partial charge is 0.255 e. The number of ether oxygens (including phenoxy) is 1. The molecule has 0 aliphatic heterocycles. The van der Waals surface area contributed by atoms with Crippen molar-refractivity contribution in [3.05, 3.63) is 58.4 Å². The largest absolute Gasteiger partial charge is 0.395 e. The summed E-state index contributed by atoms with van der Waals surface area (Å²) in [5.41, 5.74) is -1.79. The fourth-order valence-corrected chi connectivity index (χ4v) is 8.10. The summed E-state index contributed by atoms with van der Waals surface area (Å²) in [6, 6.07) is 4.75. The van der Waals surface area contributed by atoms with Gasteiger partial charge in [-0.2, -0.15) is 0 Å². The van der Waals surface area contributed by atoms with E-state index in [1.165, 1.54) is 12.1 Å². The van der Waals surface area contributed by atoms with Crippen LogP contribution >= 0.6 is 11.6 Å². The average Bonchev–Trinajstić information content (AvgIpc) is 3.26. The lowest BCUT2D eigenvalue weighted by atomic mass is 9.90. The molecular weight excluding hydrogens is 585 g/mol. The first-order valence-electron chi connectivity index (χ1n) is 13.3. The molecule has 0 saturated heterocycles. The number of anilines is 1. The third-order valence-electron chi connectivity index (χ3n) is 7.25. The molecule has 1 amide bonds. The Morgan fingerprint density at radius 1 is 1.20 bits per heavy atom. The summed E-state index contributed by atoms with van der Waals surface area (Å²) < 4.78 is 73.8. The number of nitrogens with one attached hydrogen (secondary N) is 2. The van der Waals surface area contributed by atoms with E-state index in [1.807, 2.05) is 13.8 Å². The van der Waals surface area contributed by atoms with Crippen molar-refractivity contribution < 1.29 is 41.3 Å². The molecule has 13 heteroatoms. The summed E-state index contributed by atoms with van der Waals surface area (Å²) in [5, 5.41) is 24.4. The molecule has 8 nitrogen and oxygen atoms in total. The standard InChI is InChI=1S/C28H36ClF3N2O6S/c1-16-4-5-19(13-28(3,37)15-40-9-8-33-17(2)14-35)26(16)41(38,39)24-10-18(6-7-21(24)29)27(36)34-20-11-22(30)25(32)23(31)12-20/h6-7,10-12,16-17,19,26,33,35,37H,4-5,8-9,13-15H2,1-3H3,(H,34,36)/t16-,17?,19+,26?,28+/m1/s1. The average molecular weight is 621 g/mol. The molecule has 2 unspecified atom stereocenters. The Balaban J connectivity index is 1.76. The molecule has 2 aromatic rings. The summed E-state index contributed by atoms with van der Waals surface area (Å²) in [6.07, 6.45) is 1.31. The van der Waals surface area contributed by atoms with Gasteiger partial charge < -0.3 is 25.6 Å². The van der Waals surface area contributed by atoms with E-state index >= 15 is 0 Å². The quantitative estimate of drug-likeness (QED) is 0.194. The van der Waals surface area contributed by atoms with Crippen LogP contribution in [0.25, 0.3) is 0 Å². The van der Waals surface area contributed by atoms with Gasteiger partial charge >= 0.3 is 0 Å². The number of hydrogen-bond donors (Lipinski definition) is 4. The molecular formula is C28H36ClF3N2O6S. The highest BCUT2D eigenvalue weighted by Gasteiger charge is 2.46. The van der Waals surface area contributed by atoms with E-state index in [4.69, 9.17) is 21.4 Å². The number of rotatable bonds is 13. The van der Waals surface area contributed by atoms with Crippen molar-refractivity contribution in [3.8, 4) is 0 Å². The van der Waals surface area contributed by atoms with Crippen LogP contribution in [0.15, 0.2) is 35.2 Å². The number of hydrogen-bond acceptors (Lipinski definition) is 7. The molecule has 1 aliphatic rings. The second-order valence-corrected chi connectivity index (χ2v) is 13.5. The Hall–Kier alpha value is -2.22. The first-order chi connectivity index (χ1) is 19.2. The zero-order valence-electron chi connectivity index (χ0n) is 23.1. The zero-order valence-corrected chi connectivity index (χ0v) is 24.7. The monoisotopic (exact) mass is 620 g/mol. The van der Waals surface area contributed by atoms with Gasteiger partial charge in [-0.1, -0.05) is 18.5 Å². The molecule has 1 saturated carbocycles. The maximum atomic E-state index is 13.9. The van der Waals surface area contributed by atoms with Crippen LogP contribution < -0.4 is 10.6 Å². The van der Waals surface area contributed by atoms with Gasteiger partial charge in [0.2, 0.25) is 0 Å². The Bertz CT molecular complexity index is 1320. The van der Waals surface area contributed by atoms with Crippen molar-refractivity contribution in [1.29, 1.82) is 0 Å². The van der Waals surface area contributed by atoms with E-state index < -0.39 is 50.0 Å². The molecule has 228 valence electrons. The minimum absolute atomic E-state index is 0.0131. The highest BCUT2D eigenvalue weighted by Crippen LogP contribution is 2.43. The predicted molar refractivity (Wildman–Crippen MR) is 149 cm³/mol. The van der Waals surface area contributed by atoms with Crippen LogP contribution in [0.1, 0.15) is 50.4 Å². The van der Waals surface area contributed by atoms with E-state index in [1.54, 1.807) is 6.92 Å². The minimum atomic E-state index is -4.10. The molecule has 4 N–H and O–H groups in total. The Morgan fingerprint density at radius 3 is 2.49 bits per heavy atom. The van der Waals surface area contributed by atoms with Gasteiger partial charge in [0.15, 0.2) is 27.3 Å². The number of sulfone groups is 1. The van der Waals surface area contributed by atoms with Crippen LogP contribution in [0.5, 0.6) is 0 Å². The number of aliphatic hydroxyl groups excluding tert-OH is 1. The van der Waals surface area contributed by atoms with Crippen molar-refractivity contribution in [1.82, 2.24) is 5.32 Å². The number of carbonyl (C=O) groups is 1. The van der Waals surface area contributed by atoms with E-state index in [0.29, 0.717) is 38.1 Å². The molecule has 0 bridgehead atoms. The van der Waals surface area contributed by atoms with E-state index in [9.17, 15) is 31.5 Å². The predicted octanol–water partition coefficient (Wildman–Crippen LogP) is 4.33. The fraction of sp³-hybridized carbons (Fsp3) is 0.536. The number of carbonyl (C=O) groups excluding carboxylic acids is 1. The fourth-order valence-electron chi connectivity index (χ4n) is 5.25. The van der Waals surface area contributed by atoms with E-state index in [0.717, 1.165) is 6.07 Å². The molecule has 2 aromatic carbocycles. The topological polar surface area (TPSA) is 125 Å². The number of benzene rings is 2. The molecule has 0 aromatic heterocycles. The second kappa shape index (κ2) is 13.8.